The van der Waals surface area contributed by atoms with Crippen LogP contribution in [0.1, 0.15) is 162 Å². The topological polar surface area (TPSA) is 94.1 Å². The molecule has 0 saturated heterocycles. The number of carbonyl (C=O) groups is 1. The lowest BCUT2D eigenvalue weighted by molar-refractivity contribution is -0.870. The second kappa shape index (κ2) is 39.8. The number of unbranched alkanes of at least 4 members (excludes halogenated alkanes) is 14. The summed E-state index contributed by atoms with van der Waals surface area (Å²) < 4.78 is 34.6. The third kappa shape index (κ3) is 43.1. The minimum Gasteiger partial charge on any atom is -0.756 e. The van der Waals surface area contributed by atoms with Crippen molar-refractivity contribution in [3.8, 4) is 0 Å². The van der Waals surface area contributed by atoms with E-state index in [0.717, 1.165) is 96.3 Å². The summed E-state index contributed by atoms with van der Waals surface area (Å²) in [7, 11) is 1.32. The van der Waals surface area contributed by atoms with Gasteiger partial charge in [0.05, 0.1) is 34.4 Å². The van der Waals surface area contributed by atoms with Crippen molar-refractivity contribution in [1.82, 2.24) is 0 Å². The van der Waals surface area contributed by atoms with Gasteiger partial charge in [-0.25, -0.2) is 0 Å². The SMILES string of the molecule is CC/C=C\C/C=C\C/C=C\C/C=C\CCCCCCCOCC(COP(=O)([O-])OCC[N+](C)(C)C)OC(=O)CCCCCCC/C=C\C/C=C\CCCCCC. The van der Waals surface area contributed by atoms with E-state index in [1.54, 1.807) is 0 Å². The first kappa shape index (κ1) is 53.9. The minimum atomic E-state index is -4.54. The van der Waals surface area contributed by atoms with Crippen LogP contribution in [-0.2, 0) is 27.9 Å². The zero-order valence-corrected chi connectivity index (χ0v) is 37.5. The van der Waals surface area contributed by atoms with E-state index in [1.165, 1.54) is 44.9 Å². The summed E-state index contributed by atoms with van der Waals surface area (Å²) in [6.45, 7) is 5.20. The maximum atomic E-state index is 12.7. The first-order valence-corrected chi connectivity index (χ1v) is 23.6. The van der Waals surface area contributed by atoms with Gasteiger partial charge in [-0.3, -0.25) is 9.36 Å². The summed E-state index contributed by atoms with van der Waals surface area (Å²) in [5.41, 5.74) is 0. The maximum Gasteiger partial charge on any atom is 0.306 e. The highest BCUT2D eigenvalue weighted by Crippen LogP contribution is 2.38. The maximum absolute atomic E-state index is 12.7. The van der Waals surface area contributed by atoms with Gasteiger partial charge < -0.3 is 27.9 Å². The molecule has 0 aromatic rings. The Hall–Kier alpha value is -2.06. The first-order chi connectivity index (χ1) is 27.1. The standard InChI is InChI=1S/C47H84NO7P/c1-6-8-10-12-14-16-18-20-22-24-25-27-29-31-33-35-37-39-42-52-44-46(45-54-56(50,51)53-43-41-48(3,4)5)55-47(49)40-38-36-34-32-30-28-26-23-21-19-17-15-13-11-9-7-2/h8,10,14,16-17,19-20,22-23,25-27,46H,6-7,9,11-13,15,18,21,24,28-45H2,1-5H3/b10-8-,16-14-,19-17-,22-20-,26-23-,27-25-. The number of hydrogen-bond acceptors (Lipinski definition) is 7. The Kier molecular flexibility index (Phi) is 38.3. The van der Waals surface area contributed by atoms with E-state index >= 15 is 0 Å². The average Bonchev–Trinajstić information content (AvgIpc) is 3.15. The molecule has 0 aliphatic rings. The Morgan fingerprint density at radius 1 is 0.571 bits per heavy atom. The van der Waals surface area contributed by atoms with Crippen LogP contribution in [0.3, 0.4) is 0 Å². The van der Waals surface area contributed by atoms with Crippen molar-refractivity contribution in [2.24, 2.45) is 0 Å². The number of esters is 1. The van der Waals surface area contributed by atoms with Crippen molar-refractivity contribution in [1.29, 1.82) is 0 Å². The van der Waals surface area contributed by atoms with Gasteiger partial charge in [0.15, 0.2) is 0 Å². The van der Waals surface area contributed by atoms with Gasteiger partial charge in [-0.1, -0.05) is 145 Å². The number of phosphoric acid groups is 1. The third-order valence-corrected chi connectivity index (χ3v) is 9.96. The Morgan fingerprint density at radius 2 is 1.04 bits per heavy atom. The molecule has 0 aromatic heterocycles. The molecule has 0 spiro atoms. The van der Waals surface area contributed by atoms with Crippen molar-refractivity contribution in [2.75, 3.05) is 54.1 Å². The number of hydrogen-bond donors (Lipinski definition) is 0. The number of carbonyl (C=O) groups excluding carboxylic acids is 1. The van der Waals surface area contributed by atoms with Gasteiger partial charge in [0.1, 0.15) is 19.3 Å². The number of likely N-dealkylation sites (N-methyl/N-ethyl adjacent to an activating group) is 1. The number of ether oxygens (including phenoxy) is 2. The molecular weight excluding hydrogens is 721 g/mol. The molecule has 0 N–H and O–H groups in total. The lowest BCUT2D eigenvalue weighted by atomic mass is 10.1. The van der Waals surface area contributed by atoms with Gasteiger partial charge >= 0.3 is 5.97 Å². The molecular formula is C47H84NO7P. The van der Waals surface area contributed by atoms with Gasteiger partial charge in [-0.2, -0.15) is 0 Å². The van der Waals surface area contributed by atoms with Crippen LogP contribution in [-0.4, -0.2) is 70.7 Å². The van der Waals surface area contributed by atoms with Gasteiger partial charge in [-0.05, 0) is 83.5 Å². The molecule has 0 amide bonds. The van der Waals surface area contributed by atoms with E-state index < -0.39 is 13.9 Å². The molecule has 0 heterocycles. The van der Waals surface area contributed by atoms with Crippen molar-refractivity contribution >= 4 is 13.8 Å². The van der Waals surface area contributed by atoms with Crippen LogP contribution in [0.4, 0.5) is 0 Å². The summed E-state index contributed by atoms with van der Waals surface area (Å²) in [6, 6.07) is 0. The number of nitrogens with zero attached hydrogens (tertiary/aromatic N) is 1. The molecule has 0 bridgehead atoms. The summed E-state index contributed by atoms with van der Waals surface area (Å²) in [4.78, 5) is 25.1. The van der Waals surface area contributed by atoms with Crippen molar-refractivity contribution in [2.45, 2.75) is 168 Å². The van der Waals surface area contributed by atoms with Crippen LogP contribution in [0.2, 0.25) is 0 Å². The van der Waals surface area contributed by atoms with Crippen LogP contribution < -0.4 is 4.89 Å². The lowest BCUT2D eigenvalue weighted by Gasteiger charge is -2.28. The fourth-order valence-corrected chi connectivity index (χ4v) is 6.29. The van der Waals surface area contributed by atoms with Gasteiger partial charge in [0.25, 0.3) is 7.82 Å². The van der Waals surface area contributed by atoms with Crippen LogP contribution in [0.25, 0.3) is 0 Å². The van der Waals surface area contributed by atoms with Crippen LogP contribution in [0, 0.1) is 0 Å². The van der Waals surface area contributed by atoms with Crippen molar-refractivity contribution in [3.05, 3.63) is 72.9 Å². The molecule has 8 nitrogen and oxygen atoms in total. The second-order valence-corrected chi connectivity index (χ2v) is 17.1. The fourth-order valence-electron chi connectivity index (χ4n) is 5.57. The Balaban J connectivity index is 4.31. The zero-order valence-electron chi connectivity index (χ0n) is 36.6. The van der Waals surface area contributed by atoms with Crippen LogP contribution in [0.15, 0.2) is 72.9 Å². The summed E-state index contributed by atoms with van der Waals surface area (Å²) in [6.07, 6.45) is 50.5. The number of phosphoric ester groups is 1. The van der Waals surface area contributed by atoms with Gasteiger partial charge in [-0.15, -0.1) is 0 Å². The van der Waals surface area contributed by atoms with Gasteiger partial charge in [0, 0.05) is 13.0 Å². The minimum absolute atomic E-state index is 0.0154. The molecule has 0 saturated carbocycles. The average molecular weight is 806 g/mol. The van der Waals surface area contributed by atoms with Crippen LogP contribution in [0.5, 0.6) is 0 Å². The summed E-state index contributed by atoms with van der Waals surface area (Å²) >= 11 is 0. The summed E-state index contributed by atoms with van der Waals surface area (Å²) in [5, 5.41) is 0. The van der Waals surface area contributed by atoms with Crippen LogP contribution >= 0.6 is 7.82 Å². The highest BCUT2D eigenvalue weighted by molar-refractivity contribution is 7.45. The van der Waals surface area contributed by atoms with E-state index in [-0.39, 0.29) is 32.2 Å². The molecule has 0 radical (unpaired) electrons. The van der Waals surface area contributed by atoms with E-state index in [2.05, 4.69) is 86.8 Å². The smallest absolute Gasteiger partial charge is 0.306 e. The predicted octanol–water partition coefficient (Wildman–Crippen LogP) is 12.5. The number of rotatable bonds is 40. The number of quaternary nitrogens is 1. The molecule has 2 atom stereocenters. The van der Waals surface area contributed by atoms with Crippen molar-refractivity contribution < 1.29 is 37.3 Å². The first-order valence-electron chi connectivity index (χ1n) is 22.2. The monoisotopic (exact) mass is 806 g/mol. The summed E-state index contributed by atoms with van der Waals surface area (Å²) in [5.74, 6) is -0.358. The highest BCUT2D eigenvalue weighted by Gasteiger charge is 2.20. The van der Waals surface area contributed by atoms with E-state index in [1.807, 2.05) is 21.1 Å². The van der Waals surface area contributed by atoms with Crippen molar-refractivity contribution in [3.63, 3.8) is 0 Å². The molecule has 324 valence electrons. The normalized spacial score (nSPS) is 14.5. The van der Waals surface area contributed by atoms with E-state index in [4.69, 9.17) is 18.5 Å². The Morgan fingerprint density at radius 3 is 1.55 bits per heavy atom. The molecule has 2 unspecified atom stereocenters. The van der Waals surface area contributed by atoms with Gasteiger partial charge in [0.2, 0.25) is 0 Å². The highest BCUT2D eigenvalue weighted by atomic mass is 31.2. The largest absolute Gasteiger partial charge is 0.756 e. The molecule has 0 aliphatic heterocycles. The number of allylic oxidation sites excluding steroid dienone is 12. The molecule has 0 aromatic carbocycles. The Bertz CT molecular complexity index is 1120. The Labute approximate surface area is 344 Å². The second-order valence-electron chi connectivity index (χ2n) is 15.7. The molecule has 56 heavy (non-hydrogen) atoms. The molecule has 0 fully saturated rings. The zero-order chi connectivity index (χ0) is 41.3. The third-order valence-electron chi connectivity index (χ3n) is 8.99. The predicted molar refractivity (Wildman–Crippen MR) is 235 cm³/mol. The quantitative estimate of drug-likeness (QED) is 0.0200. The lowest BCUT2D eigenvalue weighted by Crippen LogP contribution is -2.37. The van der Waals surface area contributed by atoms with E-state index in [9.17, 15) is 14.3 Å². The fraction of sp³-hybridized carbons (Fsp3) is 0.723. The molecule has 0 aliphatic carbocycles. The van der Waals surface area contributed by atoms with E-state index in [0.29, 0.717) is 17.6 Å². The molecule has 0 rings (SSSR count). The molecule has 9 heteroatoms.